The van der Waals surface area contributed by atoms with Crippen molar-refractivity contribution < 1.29 is 9.66 Å². The Hall–Kier alpha value is -2.80. The highest BCUT2D eigenvalue weighted by atomic mass is 16.6. The maximum absolute atomic E-state index is 11.4. The number of nitro groups is 1. The predicted molar refractivity (Wildman–Crippen MR) is 108 cm³/mol. The number of ether oxygens (including phenoxy) is 1. The molecule has 1 aliphatic heterocycles. The van der Waals surface area contributed by atoms with Crippen LogP contribution >= 0.6 is 0 Å². The SMILES string of the molecule is Cc1ccccc1OCCNc1cc(N2CCNC(C)C2)ccc1[N+](=O)[O-]. The van der Waals surface area contributed by atoms with Crippen LogP contribution in [0.3, 0.4) is 0 Å². The first kappa shape index (κ1) is 19.0. The van der Waals surface area contributed by atoms with E-state index in [9.17, 15) is 10.1 Å². The number of anilines is 2. The maximum Gasteiger partial charge on any atom is 0.292 e. The summed E-state index contributed by atoms with van der Waals surface area (Å²) in [4.78, 5) is 13.3. The molecule has 2 aromatic rings. The largest absolute Gasteiger partial charge is 0.491 e. The van der Waals surface area contributed by atoms with Gasteiger partial charge in [-0.05, 0) is 37.6 Å². The number of hydrogen-bond donors (Lipinski definition) is 2. The van der Waals surface area contributed by atoms with Gasteiger partial charge in [-0.25, -0.2) is 0 Å². The van der Waals surface area contributed by atoms with Gasteiger partial charge in [-0.2, -0.15) is 0 Å². The van der Waals surface area contributed by atoms with Crippen LogP contribution in [0.25, 0.3) is 0 Å². The second-order valence-corrected chi connectivity index (χ2v) is 6.80. The zero-order valence-corrected chi connectivity index (χ0v) is 15.8. The normalized spacial score (nSPS) is 16.8. The van der Waals surface area contributed by atoms with Crippen molar-refractivity contribution in [3.8, 4) is 5.75 Å². The van der Waals surface area contributed by atoms with Crippen molar-refractivity contribution in [2.24, 2.45) is 0 Å². The second kappa shape index (κ2) is 8.73. The number of piperazine rings is 1. The molecule has 0 aliphatic carbocycles. The predicted octanol–water partition coefficient (Wildman–Crippen LogP) is 3.19. The van der Waals surface area contributed by atoms with Gasteiger partial charge in [0.15, 0.2) is 0 Å². The molecule has 0 radical (unpaired) electrons. The molecule has 1 heterocycles. The molecule has 144 valence electrons. The summed E-state index contributed by atoms with van der Waals surface area (Å²) in [5.74, 6) is 0.831. The van der Waals surface area contributed by atoms with Gasteiger partial charge < -0.3 is 20.3 Å². The van der Waals surface area contributed by atoms with Gasteiger partial charge in [0, 0.05) is 44.0 Å². The lowest BCUT2D eigenvalue weighted by Crippen LogP contribution is -2.49. The lowest BCUT2D eigenvalue weighted by Gasteiger charge is -2.33. The zero-order valence-electron chi connectivity index (χ0n) is 15.8. The Bertz CT molecular complexity index is 797. The minimum Gasteiger partial charge on any atom is -0.491 e. The van der Waals surface area contributed by atoms with E-state index in [-0.39, 0.29) is 10.6 Å². The molecule has 1 atom stereocenters. The quantitative estimate of drug-likeness (QED) is 0.443. The first-order chi connectivity index (χ1) is 13.0. The maximum atomic E-state index is 11.4. The monoisotopic (exact) mass is 370 g/mol. The van der Waals surface area contributed by atoms with Crippen LogP contribution in [-0.4, -0.2) is 43.8 Å². The Labute approximate surface area is 159 Å². The Kier molecular flexibility index (Phi) is 6.13. The summed E-state index contributed by atoms with van der Waals surface area (Å²) >= 11 is 0. The highest BCUT2D eigenvalue weighted by molar-refractivity contribution is 5.69. The molecule has 3 rings (SSSR count). The van der Waals surface area contributed by atoms with Crippen LogP contribution in [0.1, 0.15) is 12.5 Å². The molecule has 0 amide bonds. The summed E-state index contributed by atoms with van der Waals surface area (Å²) in [5, 5.41) is 17.9. The molecular formula is C20H26N4O3. The third kappa shape index (κ3) is 4.89. The molecule has 0 spiro atoms. The second-order valence-electron chi connectivity index (χ2n) is 6.80. The number of nitro benzene ring substituents is 1. The topological polar surface area (TPSA) is 79.7 Å². The number of para-hydroxylation sites is 1. The van der Waals surface area contributed by atoms with Crippen molar-refractivity contribution in [2.45, 2.75) is 19.9 Å². The molecule has 0 aromatic heterocycles. The Morgan fingerprint density at radius 2 is 2.15 bits per heavy atom. The van der Waals surface area contributed by atoms with Crippen molar-refractivity contribution in [1.29, 1.82) is 0 Å². The molecule has 1 saturated heterocycles. The van der Waals surface area contributed by atoms with Crippen LogP contribution in [0.2, 0.25) is 0 Å². The molecular weight excluding hydrogens is 344 g/mol. The van der Waals surface area contributed by atoms with Crippen molar-refractivity contribution >= 4 is 17.1 Å². The van der Waals surface area contributed by atoms with Gasteiger partial charge in [-0.3, -0.25) is 10.1 Å². The Morgan fingerprint density at radius 3 is 2.89 bits per heavy atom. The van der Waals surface area contributed by atoms with E-state index < -0.39 is 0 Å². The zero-order chi connectivity index (χ0) is 19.2. The number of nitrogens with zero attached hydrogens (tertiary/aromatic N) is 2. The summed E-state index contributed by atoms with van der Waals surface area (Å²) in [6.45, 7) is 7.72. The lowest BCUT2D eigenvalue weighted by molar-refractivity contribution is -0.383. The van der Waals surface area contributed by atoms with Crippen molar-refractivity contribution in [1.82, 2.24) is 5.32 Å². The fourth-order valence-electron chi connectivity index (χ4n) is 3.25. The van der Waals surface area contributed by atoms with Gasteiger partial charge in [-0.15, -0.1) is 0 Å². The molecule has 2 N–H and O–H groups in total. The Morgan fingerprint density at radius 1 is 1.33 bits per heavy atom. The van der Waals surface area contributed by atoms with Crippen LogP contribution in [0.4, 0.5) is 17.1 Å². The van der Waals surface area contributed by atoms with E-state index in [1.807, 2.05) is 43.3 Å². The minimum absolute atomic E-state index is 0.0813. The highest BCUT2D eigenvalue weighted by Crippen LogP contribution is 2.30. The number of nitrogens with one attached hydrogen (secondary N) is 2. The van der Waals surface area contributed by atoms with Crippen LogP contribution < -0.4 is 20.3 Å². The van der Waals surface area contributed by atoms with Crippen LogP contribution in [-0.2, 0) is 0 Å². The molecule has 7 nitrogen and oxygen atoms in total. The van der Waals surface area contributed by atoms with Gasteiger partial charge in [0.1, 0.15) is 18.0 Å². The Balaban J connectivity index is 1.66. The first-order valence-corrected chi connectivity index (χ1v) is 9.23. The average Bonchev–Trinajstić information content (AvgIpc) is 2.66. The molecule has 0 bridgehead atoms. The third-order valence-corrected chi connectivity index (χ3v) is 4.68. The van der Waals surface area contributed by atoms with Crippen LogP contribution in [0.15, 0.2) is 42.5 Å². The van der Waals surface area contributed by atoms with Crippen molar-refractivity contribution in [3.63, 3.8) is 0 Å². The number of rotatable bonds is 7. The van der Waals surface area contributed by atoms with Crippen LogP contribution in [0.5, 0.6) is 5.75 Å². The molecule has 1 unspecified atom stereocenters. The van der Waals surface area contributed by atoms with E-state index in [2.05, 4.69) is 22.5 Å². The summed E-state index contributed by atoms with van der Waals surface area (Å²) in [5.41, 5.74) is 2.67. The van der Waals surface area contributed by atoms with Gasteiger partial charge in [-0.1, -0.05) is 18.2 Å². The van der Waals surface area contributed by atoms with Gasteiger partial charge >= 0.3 is 0 Å². The molecule has 7 heteroatoms. The van der Waals surface area contributed by atoms with E-state index in [4.69, 9.17) is 4.74 Å². The molecule has 2 aromatic carbocycles. The summed E-state index contributed by atoms with van der Waals surface area (Å²) in [6.07, 6.45) is 0. The fraction of sp³-hybridized carbons (Fsp3) is 0.400. The van der Waals surface area contributed by atoms with Gasteiger partial charge in [0.2, 0.25) is 0 Å². The molecule has 1 aliphatic rings. The van der Waals surface area contributed by atoms with Gasteiger partial charge in [0.05, 0.1) is 4.92 Å². The number of hydrogen-bond acceptors (Lipinski definition) is 6. The standard InChI is InChI=1S/C20H26N4O3/c1-15-5-3-4-6-20(15)27-12-10-22-18-13-17(7-8-19(18)24(25)26)23-11-9-21-16(2)14-23/h3-8,13,16,21-22H,9-12,14H2,1-2H3. The van der Waals surface area contributed by atoms with Gasteiger partial charge in [0.25, 0.3) is 5.69 Å². The average molecular weight is 370 g/mol. The number of aryl methyl sites for hydroxylation is 1. The molecule has 0 saturated carbocycles. The fourth-order valence-corrected chi connectivity index (χ4v) is 3.25. The van der Waals surface area contributed by atoms with Crippen LogP contribution in [0, 0.1) is 17.0 Å². The third-order valence-electron chi connectivity index (χ3n) is 4.68. The van der Waals surface area contributed by atoms with E-state index in [1.165, 1.54) is 0 Å². The number of benzene rings is 2. The highest BCUT2D eigenvalue weighted by Gasteiger charge is 2.20. The summed E-state index contributed by atoms with van der Waals surface area (Å²) < 4.78 is 5.77. The van der Waals surface area contributed by atoms with Crippen molar-refractivity contribution in [2.75, 3.05) is 43.0 Å². The van der Waals surface area contributed by atoms with E-state index in [1.54, 1.807) is 6.07 Å². The molecule has 1 fully saturated rings. The van der Waals surface area contributed by atoms with E-state index in [0.29, 0.717) is 24.9 Å². The first-order valence-electron chi connectivity index (χ1n) is 9.23. The summed E-state index contributed by atoms with van der Waals surface area (Å²) in [7, 11) is 0. The lowest BCUT2D eigenvalue weighted by atomic mass is 10.1. The molecule has 27 heavy (non-hydrogen) atoms. The smallest absolute Gasteiger partial charge is 0.292 e. The van der Waals surface area contributed by atoms with Crippen molar-refractivity contribution in [3.05, 3.63) is 58.1 Å². The minimum atomic E-state index is -0.352. The van der Waals surface area contributed by atoms with E-state index >= 15 is 0 Å². The van der Waals surface area contributed by atoms with E-state index in [0.717, 1.165) is 36.6 Å². The summed E-state index contributed by atoms with van der Waals surface area (Å²) in [6, 6.07) is 13.5.